The van der Waals surface area contributed by atoms with Crippen molar-refractivity contribution in [2.24, 2.45) is 0 Å². The van der Waals surface area contributed by atoms with Crippen molar-refractivity contribution < 1.29 is 22.4 Å². The third-order valence-corrected chi connectivity index (χ3v) is 8.57. The van der Waals surface area contributed by atoms with Crippen molar-refractivity contribution in [3.8, 4) is 17.0 Å². The van der Waals surface area contributed by atoms with Gasteiger partial charge in [-0.2, -0.15) is 5.10 Å². The minimum atomic E-state index is -3.12. The van der Waals surface area contributed by atoms with Crippen LogP contribution in [-0.4, -0.2) is 67.3 Å². The van der Waals surface area contributed by atoms with E-state index in [4.69, 9.17) is 9.15 Å². The number of ether oxygens (including phenoxy) is 1. The van der Waals surface area contributed by atoms with E-state index in [9.17, 15) is 13.2 Å². The van der Waals surface area contributed by atoms with E-state index < -0.39 is 9.84 Å². The zero-order chi connectivity index (χ0) is 24.4. The molecule has 2 fully saturated rings. The second-order valence-corrected chi connectivity index (χ2v) is 11.4. The van der Waals surface area contributed by atoms with Gasteiger partial charge in [0.1, 0.15) is 11.5 Å². The highest BCUT2D eigenvalue weighted by molar-refractivity contribution is 7.91. The Bertz CT molecular complexity index is 1260. The predicted octanol–water partition coefficient (Wildman–Crippen LogP) is 3.08. The summed E-state index contributed by atoms with van der Waals surface area (Å²) in [7, 11) is -1.52. The quantitative estimate of drug-likeness (QED) is 0.509. The lowest BCUT2D eigenvalue weighted by Gasteiger charge is -2.25. The van der Waals surface area contributed by atoms with Gasteiger partial charge in [0.25, 0.3) is 5.91 Å². The Labute approximate surface area is 205 Å². The van der Waals surface area contributed by atoms with Gasteiger partial charge < -0.3 is 14.5 Å². The average Bonchev–Trinajstić information content (AvgIpc) is 3.66. The Hall–Kier alpha value is -3.11. The lowest BCUT2D eigenvalue weighted by Crippen LogP contribution is -2.36. The first kappa shape index (κ1) is 23.6. The fourth-order valence-electron chi connectivity index (χ4n) is 4.95. The summed E-state index contributed by atoms with van der Waals surface area (Å²) < 4.78 is 36.9. The number of rotatable bonds is 8. The van der Waals surface area contributed by atoms with Crippen LogP contribution in [0, 0.1) is 0 Å². The van der Waals surface area contributed by atoms with Crippen LogP contribution in [0.3, 0.4) is 0 Å². The molecule has 0 bridgehead atoms. The van der Waals surface area contributed by atoms with Crippen LogP contribution in [-0.2, 0) is 9.84 Å². The monoisotopic (exact) mass is 498 g/mol. The molecule has 35 heavy (non-hydrogen) atoms. The largest absolute Gasteiger partial charge is 0.497 e. The summed E-state index contributed by atoms with van der Waals surface area (Å²) in [5.74, 6) is 1.39. The van der Waals surface area contributed by atoms with Gasteiger partial charge in [0, 0.05) is 12.1 Å². The highest BCUT2D eigenvalue weighted by Gasteiger charge is 2.32. The second kappa shape index (κ2) is 9.87. The summed E-state index contributed by atoms with van der Waals surface area (Å²) >= 11 is 0. The normalized spacial score (nSPS) is 20.7. The Morgan fingerprint density at radius 1 is 1.23 bits per heavy atom. The van der Waals surface area contributed by atoms with Gasteiger partial charge in [-0.25, -0.2) is 8.42 Å². The van der Waals surface area contributed by atoms with E-state index in [1.807, 2.05) is 36.4 Å². The van der Waals surface area contributed by atoms with Crippen LogP contribution in [0.25, 0.3) is 11.3 Å². The van der Waals surface area contributed by atoms with E-state index in [1.54, 1.807) is 24.1 Å². The van der Waals surface area contributed by atoms with Crippen LogP contribution in [0.2, 0.25) is 0 Å². The maximum atomic E-state index is 13.2. The number of sulfone groups is 1. The van der Waals surface area contributed by atoms with Crippen LogP contribution in [0.5, 0.6) is 5.75 Å². The minimum absolute atomic E-state index is 0.0222. The third-order valence-electron chi connectivity index (χ3n) is 6.82. The number of benzene rings is 1. The molecule has 2 atom stereocenters. The van der Waals surface area contributed by atoms with Gasteiger partial charge in [-0.05, 0) is 74.8 Å². The second-order valence-electron chi connectivity index (χ2n) is 9.13. The standard InChI is InChI=1S/C25H30N4O5S/c1-33-20-8-6-18(7-9-20)22-15-21(27-29(22)19-10-14-35(31,32)17-19)25(30)26-16-23(24-5-4-13-34-24)28-11-2-3-12-28/h4-9,13,15,19,23H,2-3,10-12,14,16-17H2,1H3,(H,26,30). The molecule has 2 saturated heterocycles. The van der Waals surface area contributed by atoms with Crippen molar-refractivity contribution in [2.75, 3.05) is 38.2 Å². The van der Waals surface area contributed by atoms with E-state index in [-0.39, 0.29) is 35.2 Å². The molecule has 2 aliphatic heterocycles. The van der Waals surface area contributed by atoms with Gasteiger partial charge >= 0.3 is 0 Å². The number of hydrogen-bond acceptors (Lipinski definition) is 7. The number of methoxy groups -OCH3 is 1. The molecule has 2 aromatic heterocycles. The number of likely N-dealkylation sites (tertiary alicyclic amines) is 1. The van der Waals surface area contributed by atoms with Crippen LogP contribution in [0.15, 0.2) is 53.1 Å². The topological polar surface area (TPSA) is 107 Å². The molecule has 2 aliphatic rings. The molecule has 1 aromatic carbocycles. The average molecular weight is 499 g/mol. The van der Waals surface area contributed by atoms with E-state index in [0.717, 1.165) is 37.3 Å². The Morgan fingerprint density at radius 3 is 2.63 bits per heavy atom. The van der Waals surface area contributed by atoms with Crippen LogP contribution in [0.4, 0.5) is 0 Å². The smallest absolute Gasteiger partial charge is 0.271 e. The molecule has 1 amide bonds. The first-order valence-electron chi connectivity index (χ1n) is 11.9. The molecule has 5 rings (SSSR count). The molecule has 4 heterocycles. The Kier molecular flexibility index (Phi) is 6.66. The Morgan fingerprint density at radius 2 is 2.00 bits per heavy atom. The molecule has 1 N–H and O–H groups in total. The van der Waals surface area contributed by atoms with Crippen LogP contribution < -0.4 is 10.1 Å². The number of carbonyl (C=O) groups is 1. The van der Waals surface area contributed by atoms with Crippen molar-refractivity contribution in [2.45, 2.75) is 31.3 Å². The summed E-state index contributed by atoms with van der Waals surface area (Å²) in [5, 5.41) is 7.61. The first-order valence-corrected chi connectivity index (χ1v) is 13.8. The number of nitrogens with zero attached hydrogens (tertiary/aromatic N) is 3. The van der Waals surface area contributed by atoms with Gasteiger partial charge in [0.05, 0.1) is 42.7 Å². The van der Waals surface area contributed by atoms with Gasteiger partial charge in [-0.3, -0.25) is 14.4 Å². The minimum Gasteiger partial charge on any atom is -0.497 e. The number of amides is 1. The molecule has 10 heteroatoms. The third kappa shape index (κ3) is 5.13. The lowest BCUT2D eigenvalue weighted by molar-refractivity contribution is 0.0927. The van der Waals surface area contributed by atoms with E-state index >= 15 is 0 Å². The Balaban J connectivity index is 1.40. The number of aromatic nitrogens is 2. The molecule has 0 saturated carbocycles. The predicted molar refractivity (Wildman–Crippen MR) is 131 cm³/mol. The first-order chi connectivity index (χ1) is 16.9. The molecule has 2 unspecified atom stereocenters. The zero-order valence-electron chi connectivity index (χ0n) is 19.7. The molecule has 0 aliphatic carbocycles. The number of nitrogens with one attached hydrogen (secondary N) is 1. The van der Waals surface area contributed by atoms with Crippen molar-refractivity contribution in [3.05, 3.63) is 60.2 Å². The van der Waals surface area contributed by atoms with E-state index in [2.05, 4.69) is 15.3 Å². The fourth-order valence-corrected chi connectivity index (χ4v) is 6.65. The fraction of sp³-hybridized carbons (Fsp3) is 0.440. The molecule has 3 aromatic rings. The summed E-state index contributed by atoms with van der Waals surface area (Å²) in [6.45, 7) is 2.33. The van der Waals surface area contributed by atoms with Crippen molar-refractivity contribution in [3.63, 3.8) is 0 Å². The van der Waals surface area contributed by atoms with Crippen molar-refractivity contribution >= 4 is 15.7 Å². The van der Waals surface area contributed by atoms with E-state index in [1.165, 1.54) is 0 Å². The summed E-state index contributed by atoms with van der Waals surface area (Å²) in [6, 6.07) is 12.6. The summed E-state index contributed by atoms with van der Waals surface area (Å²) in [6.07, 6.45) is 4.39. The van der Waals surface area contributed by atoms with Gasteiger partial charge in [-0.1, -0.05) is 0 Å². The molecule has 9 nitrogen and oxygen atoms in total. The number of carbonyl (C=O) groups excluding carboxylic acids is 1. The molecular weight excluding hydrogens is 468 g/mol. The van der Waals surface area contributed by atoms with Crippen molar-refractivity contribution in [1.82, 2.24) is 20.0 Å². The lowest BCUT2D eigenvalue weighted by atomic mass is 10.1. The van der Waals surface area contributed by atoms with Crippen LogP contribution >= 0.6 is 0 Å². The summed E-state index contributed by atoms with van der Waals surface area (Å²) in [4.78, 5) is 15.5. The highest BCUT2D eigenvalue weighted by atomic mass is 32.2. The summed E-state index contributed by atoms with van der Waals surface area (Å²) in [5.41, 5.74) is 1.81. The molecular formula is C25H30N4O5S. The van der Waals surface area contributed by atoms with Crippen molar-refractivity contribution in [1.29, 1.82) is 0 Å². The molecule has 0 radical (unpaired) electrons. The van der Waals surface area contributed by atoms with Gasteiger partial charge in [0.2, 0.25) is 0 Å². The van der Waals surface area contributed by atoms with Crippen LogP contribution in [0.1, 0.15) is 47.6 Å². The maximum Gasteiger partial charge on any atom is 0.271 e. The van der Waals surface area contributed by atoms with Gasteiger partial charge in [-0.15, -0.1) is 0 Å². The number of furan rings is 1. The SMILES string of the molecule is COc1ccc(-c2cc(C(=O)NCC(c3ccco3)N3CCCC3)nn2C2CCS(=O)(=O)C2)cc1. The molecule has 186 valence electrons. The zero-order valence-corrected chi connectivity index (χ0v) is 20.5. The highest BCUT2D eigenvalue weighted by Crippen LogP contribution is 2.31. The maximum absolute atomic E-state index is 13.2. The number of hydrogen-bond donors (Lipinski definition) is 1. The molecule has 0 spiro atoms. The van der Waals surface area contributed by atoms with E-state index in [0.29, 0.717) is 24.4 Å². The van der Waals surface area contributed by atoms with Gasteiger partial charge in [0.15, 0.2) is 15.5 Å².